The summed E-state index contributed by atoms with van der Waals surface area (Å²) in [5.41, 5.74) is 4.12. The Bertz CT molecular complexity index is 873. The summed E-state index contributed by atoms with van der Waals surface area (Å²) in [4.78, 5) is 10.5. The summed E-state index contributed by atoms with van der Waals surface area (Å²) in [5, 5.41) is 17.5. The SMILES string of the molecule is COc1cc(/C(C)=N\NC(=S)Nc2ccccc2F)ccc1OCC(=O)[O-]. The monoisotopic (exact) mass is 390 g/mol. The molecule has 0 aliphatic heterocycles. The first-order valence-electron chi connectivity index (χ1n) is 7.77. The molecule has 0 fully saturated rings. The average Bonchev–Trinajstić information content (AvgIpc) is 2.66. The number of ether oxygens (including phenoxy) is 2. The fourth-order valence-corrected chi connectivity index (χ4v) is 2.22. The minimum Gasteiger partial charge on any atom is -0.546 e. The van der Waals surface area contributed by atoms with Gasteiger partial charge in [0.05, 0.1) is 24.5 Å². The van der Waals surface area contributed by atoms with Crippen LogP contribution in [0.2, 0.25) is 0 Å². The van der Waals surface area contributed by atoms with Gasteiger partial charge in [0.1, 0.15) is 12.4 Å². The van der Waals surface area contributed by atoms with Gasteiger partial charge in [-0.15, -0.1) is 0 Å². The van der Waals surface area contributed by atoms with Crippen molar-refractivity contribution in [2.24, 2.45) is 5.10 Å². The number of rotatable bonds is 7. The fraction of sp³-hybridized carbons (Fsp3) is 0.167. The van der Waals surface area contributed by atoms with E-state index in [9.17, 15) is 14.3 Å². The number of benzene rings is 2. The van der Waals surface area contributed by atoms with Gasteiger partial charge in [0.15, 0.2) is 16.6 Å². The van der Waals surface area contributed by atoms with E-state index in [2.05, 4.69) is 15.8 Å². The molecule has 0 atom stereocenters. The molecule has 7 nitrogen and oxygen atoms in total. The van der Waals surface area contributed by atoms with Gasteiger partial charge in [-0.1, -0.05) is 12.1 Å². The zero-order valence-electron chi connectivity index (χ0n) is 14.6. The quantitative estimate of drug-likeness (QED) is 0.422. The van der Waals surface area contributed by atoms with E-state index < -0.39 is 18.4 Å². The number of carboxylic acid groups (broad SMARTS) is 1. The molecule has 0 saturated heterocycles. The molecule has 0 amide bonds. The predicted octanol–water partition coefficient (Wildman–Crippen LogP) is 1.67. The van der Waals surface area contributed by atoms with Crippen molar-refractivity contribution in [1.29, 1.82) is 0 Å². The van der Waals surface area contributed by atoms with E-state index in [0.29, 0.717) is 17.0 Å². The molecular formula is C18H17FN3O4S-. The molecule has 2 aromatic rings. The van der Waals surface area contributed by atoms with Crippen LogP contribution in [0, 0.1) is 5.82 Å². The van der Waals surface area contributed by atoms with Crippen molar-refractivity contribution in [3.63, 3.8) is 0 Å². The number of anilines is 1. The number of hydrazone groups is 1. The minimum atomic E-state index is -1.33. The highest BCUT2D eigenvalue weighted by Gasteiger charge is 2.08. The topological polar surface area (TPSA) is 95.0 Å². The Morgan fingerprint density at radius 3 is 2.67 bits per heavy atom. The molecule has 2 rings (SSSR count). The number of carboxylic acids is 1. The first-order chi connectivity index (χ1) is 12.9. The van der Waals surface area contributed by atoms with Crippen molar-refractivity contribution in [3.05, 3.63) is 53.8 Å². The van der Waals surface area contributed by atoms with Gasteiger partial charge in [-0.2, -0.15) is 5.10 Å². The van der Waals surface area contributed by atoms with Crippen LogP contribution < -0.4 is 25.3 Å². The molecule has 0 aliphatic carbocycles. The normalized spacial score (nSPS) is 10.9. The number of aliphatic carboxylic acids is 1. The third-order valence-corrected chi connectivity index (χ3v) is 3.57. The molecule has 0 aromatic heterocycles. The van der Waals surface area contributed by atoms with Crippen molar-refractivity contribution in [3.8, 4) is 11.5 Å². The summed E-state index contributed by atoms with van der Waals surface area (Å²) >= 11 is 5.09. The lowest BCUT2D eigenvalue weighted by atomic mass is 10.1. The Hall–Kier alpha value is -3.20. The molecule has 0 bridgehead atoms. The van der Waals surface area contributed by atoms with E-state index in [1.807, 2.05) is 0 Å². The number of halogens is 1. The van der Waals surface area contributed by atoms with Crippen LogP contribution in [0.15, 0.2) is 47.6 Å². The molecular weight excluding hydrogens is 373 g/mol. The van der Waals surface area contributed by atoms with Crippen molar-refractivity contribution < 1.29 is 23.8 Å². The van der Waals surface area contributed by atoms with Crippen molar-refractivity contribution in [2.75, 3.05) is 19.0 Å². The standard InChI is InChI=1S/C18H18FN3O4S/c1-11(21-22-18(27)20-14-6-4-3-5-13(14)19)12-7-8-15(16(9-12)25-2)26-10-17(23)24/h3-9H,10H2,1-2H3,(H,23,24)(H2,20,22,27)/p-1/b21-11-. The molecule has 0 unspecified atom stereocenters. The van der Waals surface area contributed by atoms with Gasteiger partial charge in [-0.3, -0.25) is 5.43 Å². The minimum absolute atomic E-state index is 0.125. The molecule has 0 radical (unpaired) electrons. The lowest BCUT2D eigenvalue weighted by Crippen LogP contribution is -2.29. The van der Waals surface area contributed by atoms with Gasteiger partial charge in [-0.25, -0.2) is 4.39 Å². The van der Waals surface area contributed by atoms with Crippen LogP contribution in [0.1, 0.15) is 12.5 Å². The molecule has 27 heavy (non-hydrogen) atoms. The number of para-hydroxylation sites is 1. The van der Waals surface area contributed by atoms with Crippen LogP contribution in [-0.4, -0.2) is 30.5 Å². The van der Waals surface area contributed by atoms with Gasteiger partial charge in [0, 0.05) is 5.56 Å². The zero-order valence-corrected chi connectivity index (χ0v) is 15.4. The van der Waals surface area contributed by atoms with Crippen LogP contribution in [0.25, 0.3) is 0 Å². The highest BCUT2D eigenvalue weighted by atomic mass is 32.1. The number of hydrogen-bond donors (Lipinski definition) is 2. The average molecular weight is 390 g/mol. The number of nitrogens with one attached hydrogen (secondary N) is 2. The Labute approximate surface area is 160 Å². The number of carbonyl (C=O) groups is 1. The molecule has 0 spiro atoms. The first-order valence-corrected chi connectivity index (χ1v) is 8.18. The Morgan fingerprint density at radius 1 is 1.26 bits per heavy atom. The second-order valence-electron chi connectivity index (χ2n) is 5.27. The van der Waals surface area contributed by atoms with Gasteiger partial charge in [0.2, 0.25) is 0 Å². The maximum Gasteiger partial charge on any atom is 0.191 e. The summed E-state index contributed by atoms with van der Waals surface area (Å²) in [6, 6.07) is 11.0. The Morgan fingerprint density at radius 2 is 2.00 bits per heavy atom. The lowest BCUT2D eigenvalue weighted by molar-refractivity contribution is -0.307. The second kappa shape index (κ2) is 9.48. The second-order valence-corrected chi connectivity index (χ2v) is 5.68. The number of hydrogen-bond acceptors (Lipinski definition) is 6. The van der Waals surface area contributed by atoms with Crippen molar-refractivity contribution in [2.45, 2.75) is 6.92 Å². The number of methoxy groups -OCH3 is 1. The predicted molar refractivity (Wildman–Crippen MR) is 101 cm³/mol. The first kappa shape index (κ1) is 20.1. The van der Waals surface area contributed by atoms with Crippen molar-refractivity contribution >= 4 is 34.7 Å². The van der Waals surface area contributed by atoms with E-state index in [0.717, 1.165) is 0 Å². The third-order valence-electron chi connectivity index (χ3n) is 3.37. The molecule has 142 valence electrons. The highest BCUT2D eigenvalue weighted by Crippen LogP contribution is 2.28. The van der Waals surface area contributed by atoms with E-state index in [1.54, 1.807) is 43.3 Å². The van der Waals surface area contributed by atoms with Crippen LogP contribution in [0.4, 0.5) is 10.1 Å². The van der Waals surface area contributed by atoms with Gasteiger partial charge in [0.25, 0.3) is 0 Å². The highest BCUT2D eigenvalue weighted by molar-refractivity contribution is 7.80. The maximum atomic E-state index is 13.6. The summed E-state index contributed by atoms with van der Waals surface area (Å²) in [6.45, 7) is 1.15. The Kier molecular flexibility index (Phi) is 7.07. The summed E-state index contributed by atoms with van der Waals surface area (Å²) in [5.74, 6) is -1.16. The maximum absolute atomic E-state index is 13.6. The van der Waals surface area contributed by atoms with Crippen LogP contribution in [0.5, 0.6) is 11.5 Å². The molecule has 2 N–H and O–H groups in total. The van der Waals surface area contributed by atoms with E-state index >= 15 is 0 Å². The smallest absolute Gasteiger partial charge is 0.191 e. The molecule has 0 aliphatic rings. The Balaban J connectivity index is 2.05. The molecule has 0 saturated carbocycles. The third kappa shape index (κ3) is 5.93. The van der Waals surface area contributed by atoms with E-state index in [-0.39, 0.29) is 16.5 Å². The summed E-state index contributed by atoms with van der Waals surface area (Å²) < 4.78 is 23.9. The van der Waals surface area contributed by atoms with Gasteiger partial charge < -0.3 is 24.7 Å². The van der Waals surface area contributed by atoms with Crippen LogP contribution in [0.3, 0.4) is 0 Å². The van der Waals surface area contributed by atoms with E-state index in [1.165, 1.54) is 13.2 Å². The largest absolute Gasteiger partial charge is 0.546 e. The molecule has 2 aromatic carbocycles. The molecule has 0 heterocycles. The van der Waals surface area contributed by atoms with Crippen molar-refractivity contribution in [1.82, 2.24) is 5.43 Å². The van der Waals surface area contributed by atoms with Crippen LogP contribution in [-0.2, 0) is 4.79 Å². The van der Waals surface area contributed by atoms with Gasteiger partial charge in [-0.05, 0) is 49.5 Å². The number of thiocarbonyl (C=S) groups is 1. The molecule has 9 heteroatoms. The number of nitrogens with zero attached hydrogens (tertiary/aromatic N) is 1. The number of carbonyl (C=O) groups excluding carboxylic acids is 1. The van der Waals surface area contributed by atoms with Gasteiger partial charge >= 0.3 is 0 Å². The van der Waals surface area contributed by atoms with Crippen LogP contribution >= 0.6 is 12.2 Å². The lowest BCUT2D eigenvalue weighted by Gasteiger charge is -2.13. The fourth-order valence-electron chi connectivity index (χ4n) is 2.06. The summed E-state index contributed by atoms with van der Waals surface area (Å²) in [6.07, 6.45) is 0. The van der Waals surface area contributed by atoms with E-state index in [4.69, 9.17) is 21.7 Å². The zero-order chi connectivity index (χ0) is 19.8. The summed E-state index contributed by atoms with van der Waals surface area (Å²) in [7, 11) is 1.43.